The van der Waals surface area contributed by atoms with Crippen LogP contribution in [0, 0.1) is 0 Å². The number of phosphoric ester groups is 1. The standard InChI is InChI=1S/C40H68NO7P/c1-6-8-9-10-11-12-13-14-15-16-17-18-19-20-21-22-23-24-25-26-27-28-29-30-31-32-35-45-37-39(48-40(42)33-7-2)38-47-49(43,44)46-36-34-41(3,4)5/h8-9,11-12,14-15,17-18,20-21,23-24,26-27,39H,6-7,10,13,16,19,22,25,28-38H2,1-5H3/p+1/b9-8-,12-11-,15-14-,18-17-,21-20-,24-23-,27-26-. The third kappa shape index (κ3) is 36.8. The van der Waals surface area contributed by atoms with Crippen molar-refractivity contribution in [3.05, 3.63) is 85.1 Å². The lowest BCUT2D eigenvalue weighted by molar-refractivity contribution is -0.870. The number of allylic oxidation sites excluding steroid dienone is 14. The number of likely N-dealkylation sites (N-methyl/N-ethyl adjacent to an activating group) is 1. The molecule has 0 heterocycles. The zero-order valence-electron chi connectivity index (χ0n) is 31.4. The van der Waals surface area contributed by atoms with Crippen LogP contribution < -0.4 is 0 Å². The summed E-state index contributed by atoms with van der Waals surface area (Å²) in [4.78, 5) is 22.0. The molecule has 280 valence electrons. The van der Waals surface area contributed by atoms with Gasteiger partial charge in [-0.15, -0.1) is 0 Å². The highest BCUT2D eigenvalue weighted by molar-refractivity contribution is 7.47. The van der Waals surface area contributed by atoms with Crippen LogP contribution in [0.5, 0.6) is 0 Å². The number of esters is 1. The minimum atomic E-state index is -4.25. The molecule has 0 radical (unpaired) electrons. The quantitative estimate of drug-likeness (QED) is 0.0245. The second-order valence-electron chi connectivity index (χ2n) is 12.9. The molecule has 0 amide bonds. The van der Waals surface area contributed by atoms with Crippen molar-refractivity contribution < 1.29 is 37.3 Å². The molecule has 9 heteroatoms. The van der Waals surface area contributed by atoms with Gasteiger partial charge in [0.05, 0.1) is 34.4 Å². The highest BCUT2D eigenvalue weighted by Crippen LogP contribution is 2.43. The number of quaternary nitrogens is 1. The van der Waals surface area contributed by atoms with Gasteiger partial charge in [0, 0.05) is 13.0 Å². The molecule has 0 aromatic rings. The van der Waals surface area contributed by atoms with Gasteiger partial charge in [-0.3, -0.25) is 13.8 Å². The van der Waals surface area contributed by atoms with E-state index < -0.39 is 13.9 Å². The number of hydrogen-bond acceptors (Lipinski definition) is 6. The van der Waals surface area contributed by atoms with Crippen molar-refractivity contribution in [1.82, 2.24) is 0 Å². The Morgan fingerprint density at radius 2 is 1.14 bits per heavy atom. The van der Waals surface area contributed by atoms with Crippen LogP contribution in [0.25, 0.3) is 0 Å². The minimum Gasteiger partial charge on any atom is -0.457 e. The lowest BCUT2D eigenvalue weighted by Gasteiger charge is -2.24. The number of carbonyl (C=O) groups is 1. The van der Waals surface area contributed by atoms with Crippen LogP contribution in [-0.4, -0.2) is 75.6 Å². The van der Waals surface area contributed by atoms with Gasteiger partial charge in [0.1, 0.15) is 19.3 Å². The topological polar surface area (TPSA) is 91.3 Å². The van der Waals surface area contributed by atoms with Crippen LogP contribution in [0.2, 0.25) is 0 Å². The van der Waals surface area contributed by atoms with Crippen molar-refractivity contribution in [2.45, 2.75) is 110 Å². The van der Waals surface area contributed by atoms with Gasteiger partial charge < -0.3 is 18.9 Å². The van der Waals surface area contributed by atoms with E-state index in [0.717, 1.165) is 77.0 Å². The molecule has 0 aromatic heterocycles. The fraction of sp³-hybridized carbons (Fsp3) is 0.625. The van der Waals surface area contributed by atoms with Crippen molar-refractivity contribution in [3.63, 3.8) is 0 Å². The summed E-state index contributed by atoms with van der Waals surface area (Å²) in [6, 6.07) is 0. The molecule has 0 bridgehead atoms. The molecule has 1 N–H and O–H groups in total. The van der Waals surface area contributed by atoms with Gasteiger partial charge in [-0.1, -0.05) is 112 Å². The molecule has 2 unspecified atom stereocenters. The van der Waals surface area contributed by atoms with E-state index in [1.165, 1.54) is 0 Å². The summed E-state index contributed by atoms with van der Waals surface area (Å²) in [5.74, 6) is -0.382. The predicted octanol–water partition coefficient (Wildman–Crippen LogP) is 10.1. The molecule has 8 nitrogen and oxygen atoms in total. The molecule has 0 aliphatic carbocycles. The van der Waals surface area contributed by atoms with Crippen molar-refractivity contribution >= 4 is 13.8 Å². The average Bonchev–Trinajstić information content (AvgIpc) is 3.04. The van der Waals surface area contributed by atoms with E-state index in [-0.39, 0.29) is 32.2 Å². The molecule has 0 spiro atoms. The molecule has 49 heavy (non-hydrogen) atoms. The molecular weight excluding hydrogens is 637 g/mol. The molecule has 2 atom stereocenters. The maximum atomic E-state index is 12.2. The lowest BCUT2D eigenvalue weighted by Crippen LogP contribution is -2.37. The maximum Gasteiger partial charge on any atom is 0.472 e. The first-order valence-corrected chi connectivity index (χ1v) is 19.8. The van der Waals surface area contributed by atoms with E-state index in [9.17, 15) is 14.3 Å². The van der Waals surface area contributed by atoms with Crippen LogP contribution in [0.3, 0.4) is 0 Å². The summed E-state index contributed by atoms with van der Waals surface area (Å²) in [6.45, 7) is 5.03. The van der Waals surface area contributed by atoms with Crippen LogP contribution in [-0.2, 0) is 27.9 Å². The van der Waals surface area contributed by atoms with Crippen molar-refractivity contribution in [1.29, 1.82) is 0 Å². The number of nitrogens with zero attached hydrogens (tertiary/aromatic N) is 1. The summed E-state index contributed by atoms with van der Waals surface area (Å²) in [6.07, 6.45) is 43.5. The number of phosphoric acid groups is 1. The van der Waals surface area contributed by atoms with E-state index in [4.69, 9.17) is 18.5 Å². The van der Waals surface area contributed by atoms with Crippen molar-refractivity contribution in [2.75, 3.05) is 54.1 Å². The Bertz CT molecular complexity index is 1050. The van der Waals surface area contributed by atoms with E-state index in [1.807, 2.05) is 28.1 Å². The number of carbonyl (C=O) groups excluding carboxylic acids is 1. The third-order valence-corrected chi connectivity index (χ3v) is 7.93. The minimum absolute atomic E-state index is 0.0767. The van der Waals surface area contributed by atoms with Crippen molar-refractivity contribution in [3.8, 4) is 0 Å². The van der Waals surface area contributed by atoms with Gasteiger partial charge in [0.2, 0.25) is 0 Å². The number of ether oxygens (including phenoxy) is 2. The zero-order valence-corrected chi connectivity index (χ0v) is 32.3. The summed E-state index contributed by atoms with van der Waals surface area (Å²) >= 11 is 0. The molecule has 0 saturated carbocycles. The number of hydrogen-bond donors (Lipinski definition) is 1. The number of rotatable bonds is 32. The lowest BCUT2D eigenvalue weighted by atomic mass is 10.1. The van der Waals surface area contributed by atoms with Crippen LogP contribution in [0.4, 0.5) is 0 Å². The van der Waals surface area contributed by atoms with Gasteiger partial charge in [-0.25, -0.2) is 4.57 Å². The largest absolute Gasteiger partial charge is 0.472 e. The van der Waals surface area contributed by atoms with Gasteiger partial charge >= 0.3 is 13.8 Å². The first kappa shape index (κ1) is 46.7. The molecule has 0 aliphatic heterocycles. The normalized spacial score (nSPS) is 15.0. The van der Waals surface area contributed by atoms with E-state index >= 15 is 0 Å². The molecule has 0 fully saturated rings. The first-order valence-electron chi connectivity index (χ1n) is 18.3. The van der Waals surface area contributed by atoms with Crippen LogP contribution >= 0.6 is 7.82 Å². The zero-order chi connectivity index (χ0) is 36.3. The molecule has 0 saturated heterocycles. The maximum absolute atomic E-state index is 12.2. The van der Waals surface area contributed by atoms with Gasteiger partial charge in [-0.2, -0.15) is 0 Å². The van der Waals surface area contributed by atoms with E-state index in [0.29, 0.717) is 24.1 Å². The molecule has 0 aromatic carbocycles. The molecule has 0 rings (SSSR count). The summed E-state index contributed by atoms with van der Waals surface area (Å²) in [7, 11) is 1.62. The monoisotopic (exact) mass is 706 g/mol. The highest BCUT2D eigenvalue weighted by atomic mass is 31.2. The Hall–Kier alpha value is -2.32. The summed E-state index contributed by atoms with van der Waals surface area (Å²) < 4.78 is 34.1. The average molecular weight is 707 g/mol. The Morgan fingerprint density at radius 1 is 0.653 bits per heavy atom. The van der Waals surface area contributed by atoms with Gasteiger partial charge in [0.25, 0.3) is 0 Å². The predicted molar refractivity (Wildman–Crippen MR) is 205 cm³/mol. The van der Waals surface area contributed by atoms with Crippen LogP contribution in [0.15, 0.2) is 85.1 Å². The second kappa shape index (κ2) is 32.9. The SMILES string of the molecule is CC/C=C\C/C=C\C/C=C\C/C=C\C/C=C\C/C=C\C/C=C\CCCCCCOCC(COP(=O)(O)OCC[N+](C)(C)C)OC(=O)CCC. The molecular formula is C40H69NO7P+. The Morgan fingerprint density at radius 3 is 1.63 bits per heavy atom. The Labute approximate surface area is 299 Å². The number of unbranched alkanes of at least 4 members (excludes halogenated alkanes) is 4. The van der Waals surface area contributed by atoms with Crippen molar-refractivity contribution in [2.24, 2.45) is 0 Å². The highest BCUT2D eigenvalue weighted by Gasteiger charge is 2.26. The Kier molecular flexibility index (Phi) is 31.3. The van der Waals surface area contributed by atoms with Crippen LogP contribution in [0.1, 0.15) is 104 Å². The first-order chi connectivity index (χ1) is 23.6. The Balaban J connectivity index is 3.94. The van der Waals surface area contributed by atoms with E-state index in [2.05, 4.69) is 92.0 Å². The van der Waals surface area contributed by atoms with E-state index in [1.54, 1.807) is 0 Å². The fourth-order valence-electron chi connectivity index (χ4n) is 4.16. The fourth-order valence-corrected chi connectivity index (χ4v) is 4.90. The smallest absolute Gasteiger partial charge is 0.457 e. The second-order valence-corrected chi connectivity index (χ2v) is 14.3. The summed E-state index contributed by atoms with van der Waals surface area (Å²) in [5, 5.41) is 0. The molecule has 0 aliphatic rings. The van der Waals surface area contributed by atoms with Gasteiger partial charge in [0.15, 0.2) is 0 Å². The van der Waals surface area contributed by atoms with Gasteiger partial charge in [-0.05, 0) is 70.6 Å². The third-order valence-electron chi connectivity index (χ3n) is 6.94. The summed E-state index contributed by atoms with van der Waals surface area (Å²) in [5.41, 5.74) is 0.